The van der Waals surface area contributed by atoms with E-state index in [1.807, 2.05) is 36.7 Å². The Balaban J connectivity index is 2.64. The van der Waals surface area contributed by atoms with Crippen molar-refractivity contribution in [1.82, 2.24) is 0 Å². The SMILES string of the molecule is C=C=CP(C)Oc1ccc(C)cc1. The quantitative estimate of drug-likeness (QED) is 0.524. The number of benzene rings is 1. The van der Waals surface area contributed by atoms with E-state index in [9.17, 15) is 0 Å². The van der Waals surface area contributed by atoms with Crippen molar-refractivity contribution in [2.24, 2.45) is 0 Å². The average Bonchev–Trinajstić information content (AvgIpc) is 2.09. The van der Waals surface area contributed by atoms with Crippen molar-refractivity contribution in [1.29, 1.82) is 0 Å². The summed E-state index contributed by atoms with van der Waals surface area (Å²) in [5.41, 5.74) is 3.97. The first-order valence-electron chi connectivity index (χ1n) is 4.06. The highest BCUT2D eigenvalue weighted by molar-refractivity contribution is 7.55. The molecule has 1 aromatic carbocycles. The summed E-state index contributed by atoms with van der Waals surface area (Å²) < 4.78 is 5.62. The van der Waals surface area contributed by atoms with E-state index < -0.39 is 8.15 Å². The molecule has 0 aliphatic heterocycles. The van der Waals surface area contributed by atoms with Gasteiger partial charge in [-0.05, 0) is 25.7 Å². The Labute approximate surface area is 80.6 Å². The Bertz CT molecular complexity index is 309. The fraction of sp³-hybridized carbons (Fsp3) is 0.182. The summed E-state index contributed by atoms with van der Waals surface area (Å²) in [6.45, 7) is 7.59. The molecule has 1 rings (SSSR count). The van der Waals surface area contributed by atoms with Crippen LogP contribution in [0.2, 0.25) is 0 Å². The van der Waals surface area contributed by atoms with E-state index in [-0.39, 0.29) is 0 Å². The summed E-state index contributed by atoms with van der Waals surface area (Å²) in [6.07, 6.45) is 0. The fourth-order valence-corrected chi connectivity index (χ4v) is 1.68. The van der Waals surface area contributed by atoms with Crippen molar-refractivity contribution in [3.05, 3.63) is 48.0 Å². The van der Waals surface area contributed by atoms with Gasteiger partial charge in [0.2, 0.25) is 0 Å². The predicted molar refractivity (Wildman–Crippen MR) is 58.4 cm³/mol. The van der Waals surface area contributed by atoms with Crippen LogP contribution in [0, 0.1) is 6.92 Å². The molecule has 0 amide bonds. The second kappa shape index (κ2) is 4.87. The van der Waals surface area contributed by atoms with Gasteiger partial charge >= 0.3 is 0 Å². The average molecular weight is 192 g/mol. The second-order valence-corrected chi connectivity index (χ2v) is 4.32. The third-order valence-corrected chi connectivity index (χ3v) is 2.59. The minimum absolute atomic E-state index is 0.565. The van der Waals surface area contributed by atoms with Gasteiger partial charge in [-0.25, -0.2) is 0 Å². The smallest absolute Gasteiger partial charge is 0.123 e. The highest BCUT2D eigenvalue weighted by Crippen LogP contribution is 2.34. The molecule has 0 heterocycles. The van der Waals surface area contributed by atoms with Gasteiger partial charge in [-0.2, -0.15) is 0 Å². The first-order valence-corrected chi connectivity index (χ1v) is 5.83. The van der Waals surface area contributed by atoms with Crippen molar-refractivity contribution in [3.8, 4) is 5.75 Å². The van der Waals surface area contributed by atoms with Crippen LogP contribution >= 0.6 is 8.15 Å². The van der Waals surface area contributed by atoms with E-state index in [1.165, 1.54) is 5.56 Å². The molecule has 0 aromatic heterocycles. The molecule has 1 unspecified atom stereocenters. The summed E-state index contributed by atoms with van der Waals surface area (Å²) in [7, 11) is -0.565. The van der Waals surface area contributed by atoms with Gasteiger partial charge in [-0.1, -0.05) is 24.3 Å². The number of hydrogen-bond donors (Lipinski definition) is 0. The Hall–Kier alpha value is -1.03. The van der Waals surface area contributed by atoms with E-state index in [4.69, 9.17) is 4.52 Å². The molecule has 0 radical (unpaired) electrons. The molecule has 1 aromatic rings. The van der Waals surface area contributed by atoms with E-state index in [2.05, 4.69) is 19.2 Å². The largest absolute Gasteiger partial charge is 0.470 e. The van der Waals surface area contributed by atoms with Gasteiger partial charge in [0.25, 0.3) is 0 Å². The van der Waals surface area contributed by atoms with Gasteiger partial charge in [0.15, 0.2) is 0 Å². The van der Waals surface area contributed by atoms with Crippen molar-refractivity contribution >= 4 is 8.15 Å². The molecule has 0 spiro atoms. The monoisotopic (exact) mass is 192 g/mol. The fourth-order valence-electron chi connectivity index (χ4n) is 0.920. The number of aryl methyl sites for hydroxylation is 1. The lowest BCUT2D eigenvalue weighted by molar-refractivity contribution is 0.626. The maximum atomic E-state index is 5.62. The Morgan fingerprint density at radius 2 is 2.00 bits per heavy atom. The van der Waals surface area contributed by atoms with Gasteiger partial charge in [0.1, 0.15) is 13.9 Å². The van der Waals surface area contributed by atoms with Crippen LogP contribution in [0.25, 0.3) is 0 Å². The van der Waals surface area contributed by atoms with Crippen molar-refractivity contribution in [2.75, 3.05) is 6.66 Å². The topological polar surface area (TPSA) is 9.23 Å². The third kappa shape index (κ3) is 3.46. The van der Waals surface area contributed by atoms with Crippen LogP contribution in [0.3, 0.4) is 0 Å². The molecule has 68 valence electrons. The van der Waals surface area contributed by atoms with E-state index in [0.29, 0.717) is 0 Å². The lowest BCUT2D eigenvalue weighted by Gasteiger charge is -2.08. The maximum absolute atomic E-state index is 5.62. The molecule has 1 nitrogen and oxygen atoms in total. The lowest BCUT2D eigenvalue weighted by atomic mass is 10.2. The molecule has 1 atom stereocenters. The Morgan fingerprint density at radius 3 is 2.54 bits per heavy atom. The van der Waals surface area contributed by atoms with Crippen LogP contribution in [0.15, 0.2) is 42.4 Å². The molecule has 0 aliphatic carbocycles. The standard InChI is InChI=1S/C11H13OP/c1-4-9-13(3)12-11-7-5-10(2)6-8-11/h5-9H,1H2,2-3H3. The molecule has 13 heavy (non-hydrogen) atoms. The Kier molecular flexibility index (Phi) is 3.76. The van der Waals surface area contributed by atoms with Gasteiger partial charge in [0.05, 0.1) is 0 Å². The van der Waals surface area contributed by atoms with E-state index >= 15 is 0 Å². The van der Waals surface area contributed by atoms with Crippen molar-refractivity contribution in [3.63, 3.8) is 0 Å². The van der Waals surface area contributed by atoms with Crippen LogP contribution in [0.1, 0.15) is 5.56 Å². The zero-order chi connectivity index (χ0) is 9.68. The number of hydrogen-bond acceptors (Lipinski definition) is 1. The lowest BCUT2D eigenvalue weighted by Crippen LogP contribution is -1.82. The summed E-state index contributed by atoms with van der Waals surface area (Å²) >= 11 is 0. The minimum atomic E-state index is -0.565. The zero-order valence-corrected chi connectivity index (χ0v) is 8.84. The minimum Gasteiger partial charge on any atom is -0.470 e. The number of rotatable bonds is 3. The van der Waals surface area contributed by atoms with Crippen LogP contribution in [-0.4, -0.2) is 6.66 Å². The molecular weight excluding hydrogens is 179 g/mol. The predicted octanol–water partition coefficient (Wildman–Crippen LogP) is 3.70. The first-order chi connectivity index (χ1) is 6.22. The summed E-state index contributed by atoms with van der Waals surface area (Å²) in [5, 5.41) is 0. The van der Waals surface area contributed by atoms with Gasteiger partial charge in [-0.15, -0.1) is 5.73 Å². The first kappa shape index (κ1) is 10.1. The molecule has 0 saturated carbocycles. The summed E-state index contributed by atoms with van der Waals surface area (Å²) in [5.74, 6) is 2.76. The van der Waals surface area contributed by atoms with Crippen LogP contribution in [0.5, 0.6) is 5.75 Å². The second-order valence-electron chi connectivity index (χ2n) is 2.78. The van der Waals surface area contributed by atoms with Crippen molar-refractivity contribution < 1.29 is 4.52 Å². The third-order valence-electron chi connectivity index (χ3n) is 1.54. The highest BCUT2D eigenvalue weighted by atomic mass is 31.1. The van der Waals surface area contributed by atoms with Gasteiger partial charge in [0, 0.05) is 5.82 Å². The Morgan fingerprint density at radius 1 is 1.38 bits per heavy atom. The van der Waals surface area contributed by atoms with Gasteiger partial charge < -0.3 is 4.52 Å². The normalized spacial score (nSPS) is 11.5. The summed E-state index contributed by atoms with van der Waals surface area (Å²) in [6, 6.07) is 8.03. The maximum Gasteiger partial charge on any atom is 0.123 e. The van der Waals surface area contributed by atoms with Crippen LogP contribution in [-0.2, 0) is 0 Å². The molecule has 0 bridgehead atoms. The molecule has 2 heteroatoms. The molecule has 0 N–H and O–H groups in total. The highest BCUT2D eigenvalue weighted by Gasteiger charge is 1.98. The van der Waals surface area contributed by atoms with E-state index in [1.54, 1.807) is 0 Å². The molecule has 0 fully saturated rings. The molecule has 0 aliphatic rings. The zero-order valence-electron chi connectivity index (χ0n) is 7.95. The molecule has 0 saturated heterocycles. The van der Waals surface area contributed by atoms with Crippen LogP contribution < -0.4 is 4.52 Å². The van der Waals surface area contributed by atoms with Gasteiger partial charge in [-0.3, -0.25) is 0 Å². The van der Waals surface area contributed by atoms with Crippen molar-refractivity contribution in [2.45, 2.75) is 6.92 Å². The van der Waals surface area contributed by atoms with E-state index in [0.717, 1.165) is 5.75 Å². The van der Waals surface area contributed by atoms with Crippen LogP contribution in [0.4, 0.5) is 0 Å². The molecular formula is C11H13OP. The summed E-state index contributed by atoms with van der Waals surface area (Å²) in [4.78, 5) is 0.